The maximum Gasteiger partial charge on any atom is 0.410 e. The van der Waals surface area contributed by atoms with E-state index in [1.54, 1.807) is 12.0 Å². The fourth-order valence-corrected chi connectivity index (χ4v) is 4.39. The van der Waals surface area contributed by atoms with Crippen molar-refractivity contribution in [1.29, 1.82) is 0 Å². The Morgan fingerprint density at radius 2 is 1.78 bits per heavy atom. The summed E-state index contributed by atoms with van der Waals surface area (Å²) in [6.07, 6.45) is 0.930. The van der Waals surface area contributed by atoms with Gasteiger partial charge in [-0.15, -0.1) is 0 Å². The molecule has 2 amide bonds. The molecule has 2 unspecified atom stereocenters. The number of hydrogen-bond donors (Lipinski definition) is 1. The zero-order valence-electron chi connectivity index (χ0n) is 22.6. The first-order valence-electron chi connectivity index (χ1n) is 12.8. The topological polar surface area (TPSA) is 86.3 Å². The SMILES string of the molecule is COc1ccc(C2CCN(C(=O)OC(C)(C)C)CC2OCCOc2ccccc2CCNC(C)=O)cc1. The van der Waals surface area contributed by atoms with Gasteiger partial charge < -0.3 is 29.2 Å². The van der Waals surface area contributed by atoms with Crippen molar-refractivity contribution >= 4 is 12.0 Å². The molecule has 0 aliphatic carbocycles. The number of nitrogens with zero attached hydrogens (tertiary/aromatic N) is 1. The van der Waals surface area contributed by atoms with Crippen LogP contribution in [0.15, 0.2) is 48.5 Å². The largest absolute Gasteiger partial charge is 0.497 e. The first-order valence-corrected chi connectivity index (χ1v) is 12.8. The van der Waals surface area contributed by atoms with E-state index in [-0.39, 0.29) is 24.0 Å². The normalized spacial score (nSPS) is 17.7. The second-order valence-electron chi connectivity index (χ2n) is 10.2. The monoisotopic (exact) mass is 512 g/mol. The third-order valence-electron chi connectivity index (χ3n) is 6.17. The fourth-order valence-electron chi connectivity index (χ4n) is 4.39. The van der Waals surface area contributed by atoms with Gasteiger partial charge >= 0.3 is 6.09 Å². The van der Waals surface area contributed by atoms with Crippen molar-refractivity contribution in [3.8, 4) is 11.5 Å². The molecule has 0 saturated carbocycles. The average Bonchev–Trinajstić information content (AvgIpc) is 2.86. The van der Waals surface area contributed by atoms with E-state index in [4.69, 9.17) is 18.9 Å². The number of para-hydroxylation sites is 1. The van der Waals surface area contributed by atoms with E-state index in [2.05, 4.69) is 17.4 Å². The number of carbonyl (C=O) groups is 2. The number of rotatable bonds is 10. The van der Waals surface area contributed by atoms with Crippen LogP contribution in [-0.4, -0.2) is 68.6 Å². The van der Waals surface area contributed by atoms with Gasteiger partial charge in [0.25, 0.3) is 0 Å². The number of piperidine rings is 1. The number of methoxy groups -OCH3 is 1. The molecule has 1 aliphatic heterocycles. The van der Waals surface area contributed by atoms with E-state index >= 15 is 0 Å². The first kappa shape index (κ1) is 28.3. The summed E-state index contributed by atoms with van der Waals surface area (Å²) < 4.78 is 23.3. The molecule has 2 aromatic rings. The van der Waals surface area contributed by atoms with Crippen molar-refractivity contribution in [3.05, 3.63) is 59.7 Å². The minimum atomic E-state index is -0.554. The molecule has 1 saturated heterocycles. The highest BCUT2D eigenvalue weighted by Gasteiger charge is 2.35. The van der Waals surface area contributed by atoms with Crippen LogP contribution in [0.25, 0.3) is 0 Å². The maximum atomic E-state index is 12.7. The van der Waals surface area contributed by atoms with Gasteiger partial charge in [-0.2, -0.15) is 0 Å². The number of benzene rings is 2. The molecule has 1 aliphatic rings. The summed E-state index contributed by atoms with van der Waals surface area (Å²) in [5, 5.41) is 2.82. The molecule has 8 nitrogen and oxygen atoms in total. The lowest BCUT2D eigenvalue weighted by atomic mass is 9.87. The van der Waals surface area contributed by atoms with E-state index in [1.807, 2.05) is 57.2 Å². The molecule has 1 N–H and O–H groups in total. The highest BCUT2D eigenvalue weighted by molar-refractivity contribution is 5.72. The molecule has 8 heteroatoms. The predicted molar refractivity (Wildman–Crippen MR) is 142 cm³/mol. The molecule has 37 heavy (non-hydrogen) atoms. The Hall–Kier alpha value is -3.26. The molecule has 0 bridgehead atoms. The summed E-state index contributed by atoms with van der Waals surface area (Å²) in [4.78, 5) is 25.7. The van der Waals surface area contributed by atoms with Crippen molar-refractivity contribution in [2.75, 3.05) is 40.0 Å². The summed E-state index contributed by atoms with van der Waals surface area (Å²) in [6.45, 7) is 9.46. The second kappa shape index (κ2) is 13.3. The van der Waals surface area contributed by atoms with Crippen molar-refractivity contribution in [1.82, 2.24) is 10.2 Å². The number of ether oxygens (including phenoxy) is 4. The van der Waals surface area contributed by atoms with Crippen molar-refractivity contribution in [3.63, 3.8) is 0 Å². The van der Waals surface area contributed by atoms with Crippen LogP contribution in [0.4, 0.5) is 4.79 Å². The Morgan fingerprint density at radius 3 is 2.46 bits per heavy atom. The molecule has 2 atom stereocenters. The third-order valence-corrected chi connectivity index (χ3v) is 6.17. The second-order valence-corrected chi connectivity index (χ2v) is 10.2. The average molecular weight is 513 g/mol. The van der Waals surface area contributed by atoms with Crippen molar-refractivity contribution in [2.45, 2.75) is 58.2 Å². The van der Waals surface area contributed by atoms with Crippen LogP contribution < -0.4 is 14.8 Å². The van der Waals surface area contributed by atoms with Crippen molar-refractivity contribution in [2.24, 2.45) is 0 Å². The quantitative estimate of drug-likeness (QED) is 0.470. The van der Waals surface area contributed by atoms with Gasteiger partial charge in [-0.05, 0) is 62.9 Å². The number of nitrogens with one attached hydrogen (secondary N) is 1. The third kappa shape index (κ3) is 8.97. The molecule has 0 radical (unpaired) electrons. The first-order chi connectivity index (χ1) is 17.7. The fraction of sp³-hybridized carbons (Fsp3) is 0.517. The van der Waals surface area contributed by atoms with Crippen LogP contribution in [0.5, 0.6) is 11.5 Å². The van der Waals surface area contributed by atoms with Gasteiger partial charge in [0.05, 0.1) is 26.4 Å². The molecule has 3 rings (SSSR count). The zero-order valence-corrected chi connectivity index (χ0v) is 22.6. The van der Waals surface area contributed by atoms with Crippen LogP contribution in [0, 0.1) is 0 Å². The van der Waals surface area contributed by atoms with Gasteiger partial charge in [-0.25, -0.2) is 4.79 Å². The van der Waals surface area contributed by atoms with Crippen LogP contribution in [0.1, 0.15) is 51.2 Å². The standard InChI is InChI=1S/C29H40N2O6/c1-21(32)30-16-14-23-8-6-7-9-26(23)35-18-19-36-27-20-31(28(33)37-29(2,3)4)17-15-25(27)22-10-12-24(34-5)13-11-22/h6-13,25,27H,14-20H2,1-5H3,(H,30,32). The van der Waals surface area contributed by atoms with Gasteiger partial charge in [-0.1, -0.05) is 30.3 Å². The van der Waals surface area contributed by atoms with Crippen molar-refractivity contribution < 1.29 is 28.5 Å². The molecule has 0 spiro atoms. The Kier molecular flexibility index (Phi) is 10.2. The number of hydrogen-bond acceptors (Lipinski definition) is 6. The van der Waals surface area contributed by atoms with Gasteiger partial charge in [0.15, 0.2) is 0 Å². The molecule has 0 aromatic heterocycles. The molecule has 1 heterocycles. The van der Waals surface area contributed by atoms with Crippen LogP contribution in [0.2, 0.25) is 0 Å². The minimum absolute atomic E-state index is 0.0499. The summed E-state index contributed by atoms with van der Waals surface area (Å²) in [5.74, 6) is 1.67. The van der Waals surface area contributed by atoms with E-state index in [1.165, 1.54) is 6.92 Å². The molecular weight excluding hydrogens is 472 g/mol. The lowest BCUT2D eigenvalue weighted by molar-refractivity contribution is -0.118. The van der Waals surface area contributed by atoms with Crippen LogP contribution in [0.3, 0.4) is 0 Å². The molecule has 2 aromatic carbocycles. The number of amides is 2. The highest BCUT2D eigenvalue weighted by atomic mass is 16.6. The van der Waals surface area contributed by atoms with Crippen LogP contribution in [-0.2, 0) is 20.7 Å². The van der Waals surface area contributed by atoms with Gasteiger partial charge in [0, 0.05) is 25.9 Å². The Labute approximate surface area is 220 Å². The molecule has 202 valence electrons. The maximum absolute atomic E-state index is 12.7. The molecule has 1 fully saturated rings. The van der Waals surface area contributed by atoms with Gasteiger partial charge in [0.2, 0.25) is 5.91 Å². The Balaban J connectivity index is 1.62. The van der Waals surface area contributed by atoms with E-state index < -0.39 is 5.60 Å². The molecular formula is C29H40N2O6. The Morgan fingerprint density at radius 1 is 1.05 bits per heavy atom. The van der Waals surface area contributed by atoms with E-state index in [0.29, 0.717) is 39.3 Å². The zero-order chi connectivity index (χ0) is 26.8. The van der Waals surface area contributed by atoms with Crippen LogP contribution >= 0.6 is 0 Å². The number of likely N-dealkylation sites (tertiary alicyclic amines) is 1. The minimum Gasteiger partial charge on any atom is -0.497 e. The van der Waals surface area contributed by atoms with E-state index in [9.17, 15) is 9.59 Å². The summed E-state index contributed by atoms with van der Waals surface area (Å²) >= 11 is 0. The predicted octanol–water partition coefficient (Wildman–Crippen LogP) is 4.56. The summed E-state index contributed by atoms with van der Waals surface area (Å²) in [5.41, 5.74) is 1.63. The summed E-state index contributed by atoms with van der Waals surface area (Å²) in [7, 11) is 1.65. The lowest BCUT2D eigenvalue weighted by Crippen LogP contribution is -2.48. The smallest absolute Gasteiger partial charge is 0.410 e. The lowest BCUT2D eigenvalue weighted by Gasteiger charge is -2.39. The van der Waals surface area contributed by atoms with E-state index in [0.717, 1.165) is 29.0 Å². The van der Waals surface area contributed by atoms with Gasteiger partial charge in [-0.3, -0.25) is 4.79 Å². The summed E-state index contributed by atoms with van der Waals surface area (Å²) in [6, 6.07) is 15.8. The van der Waals surface area contributed by atoms with Gasteiger partial charge in [0.1, 0.15) is 23.7 Å². The highest BCUT2D eigenvalue weighted by Crippen LogP contribution is 2.32. The number of carbonyl (C=O) groups excluding carboxylic acids is 2. The Bertz CT molecular complexity index is 1020.